The first kappa shape index (κ1) is 8.10. The summed E-state index contributed by atoms with van der Waals surface area (Å²) in [6.07, 6.45) is 3.79. The summed E-state index contributed by atoms with van der Waals surface area (Å²) in [6.45, 7) is 1.30. The lowest BCUT2D eigenvalue weighted by atomic mass is 9.95. The lowest BCUT2D eigenvalue weighted by Gasteiger charge is -2.26. The van der Waals surface area contributed by atoms with Crippen molar-refractivity contribution in [3.8, 4) is 11.8 Å². The molecule has 0 aromatic carbocycles. The zero-order chi connectivity index (χ0) is 8.44. The summed E-state index contributed by atoms with van der Waals surface area (Å²) in [7, 11) is 0. The lowest BCUT2D eigenvalue weighted by Crippen LogP contribution is -2.34. The molecule has 0 amide bonds. The van der Waals surface area contributed by atoms with Crippen LogP contribution in [0.15, 0.2) is 0 Å². The van der Waals surface area contributed by atoms with E-state index >= 15 is 0 Å². The summed E-state index contributed by atoms with van der Waals surface area (Å²) in [5, 5.41) is 9.89. The van der Waals surface area contributed by atoms with E-state index in [0.717, 1.165) is 0 Å². The van der Waals surface area contributed by atoms with Crippen molar-refractivity contribution in [3.05, 3.63) is 0 Å². The Morgan fingerprint density at radius 1 is 1.25 bits per heavy atom. The fourth-order valence-corrected chi connectivity index (χ4v) is 1.30. The first-order chi connectivity index (χ1) is 5.79. The average molecular weight is 166 g/mol. The van der Waals surface area contributed by atoms with Crippen molar-refractivity contribution in [2.24, 2.45) is 5.92 Å². The van der Waals surface area contributed by atoms with Crippen molar-refractivity contribution < 1.29 is 9.84 Å². The molecule has 1 heterocycles. The van der Waals surface area contributed by atoms with Gasteiger partial charge in [-0.05, 0) is 12.8 Å². The molecule has 1 aliphatic heterocycles. The van der Waals surface area contributed by atoms with E-state index < -0.39 is 5.60 Å². The van der Waals surface area contributed by atoms with E-state index in [0.29, 0.717) is 32.0 Å². The van der Waals surface area contributed by atoms with Crippen LogP contribution < -0.4 is 0 Å². The molecule has 0 radical (unpaired) electrons. The number of hydrogen-bond donors (Lipinski definition) is 1. The summed E-state index contributed by atoms with van der Waals surface area (Å²) in [6, 6.07) is 0. The SMILES string of the molecule is OC1(C#CC2CC2)CCOCC1. The molecule has 2 nitrogen and oxygen atoms in total. The van der Waals surface area contributed by atoms with Gasteiger partial charge in [-0.3, -0.25) is 0 Å². The second-order valence-corrected chi connectivity index (χ2v) is 3.69. The highest BCUT2D eigenvalue weighted by Crippen LogP contribution is 2.28. The number of aliphatic hydroxyl groups is 1. The van der Waals surface area contributed by atoms with Gasteiger partial charge in [-0.1, -0.05) is 11.8 Å². The zero-order valence-corrected chi connectivity index (χ0v) is 7.18. The van der Waals surface area contributed by atoms with Crippen LogP contribution in [0.5, 0.6) is 0 Å². The molecule has 0 aromatic heterocycles. The normalized spacial score (nSPS) is 27.4. The molecule has 0 spiro atoms. The topological polar surface area (TPSA) is 29.5 Å². The van der Waals surface area contributed by atoms with E-state index in [4.69, 9.17) is 4.74 Å². The Kier molecular flexibility index (Phi) is 2.08. The molecule has 0 bridgehead atoms. The van der Waals surface area contributed by atoms with Crippen molar-refractivity contribution >= 4 is 0 Å². The van der Waals surface area contributed by atoms with Gasteiger partial charge in [-0.25, -0.2) is 0 Å². The van der Waals surface area contributed by atoms with Gasteiger partial charge in [0.1, 0.15) is 5.60 Å². The first-order valence-corrected chi connectivity index (χ1v) is 4.61. The second-order valence-electron chi connectivity index (χ2n) is 3.69. The number of ether oxygens (including phenoxy) is 1. The molecule has 1 saturated carbocycles. The minimum Gasteiger partial charge on any atom is -0.381 e. The Labute approximate surface area is 72.9 Å². The predicted octanol–water partition coefficient (Wildman–Crippen LogP) is 0.941. The van der Waals surface area contributed by atoms with Crippen LogP contribution in [0.3, 0.4) is 0 Å². The van der Waals surface area contributed by atoms with Gasteiger partial charge >= 0.3 is 0 Å². The van der Waals surface area contributed by atoms with E-state index in [9.17, 15) is 5.11 Å². The van der Waals surface area contributed by atoms with Crippen LogP contribution in [0.2, 0.25) is 0 Å². The smallest absolute Gasteiger partial charge is 0.129 e. The monoisotopic (exact) mass is 166 g/mol. The molecule has 2 rings (SSSR count). The molecule has 1 N–H and O–H groups in total. The maximum atomic E-state index is 9.89. The Bertz CT molecular complexity index is 214. The van der Waals surface area contributed by atoms with Crippen molar-refractivity contribution in [3.63, 3.8) is 0 Å². The Morgan fingerprint density at radius 3 is 2.50 bits per heavy atom. The largest absolute Gasteiger partial charge is 0.381 e. The second kappa shape index (κ2) is 3.08. The molecule has 2 heteroatoms. The van der Waals surface area contributed by atoms with Gasteiger partial charge in [-0.15, -0.1) is 0 Å². The highest BCUT2D eigenvalue weighted by atomic mass is 16.5. The quantitative estimate of drug-likeness (QED) is 0.543. The zero-order valence-electron chi connectivity index (χ0n) is 7.18. The third-order valence-corrected chi connectivity index (χ3v) is 2.41. The Morgan fingerprint density at radius 2 is 1.92 bits per heavy atom. The van der Waals surface area contributed by atoms with E-state index in [1.54, 1.807) is 0 Å². The molecule has 1 saturated heterocycles. The maximum Gasteiger partial charge on any atom is 0.129 e. The summed E-state index contributed by atoms with van der Waals surface area (Å²) in [4.78, 5) is 0. The van der Waals surface area contributed by atoms with Crippen molar-refractivity contribution in [2.45, 2.75) is 31.3 Å². The molecule has 2 aliphatic rings. The van der Waals surface area contributed by atoms with Gasteiger partial charge in [0, 0.05) is 18.8 Å². The van der Waals surface area contributed by atoms with E-state index in [2.05, 4.69) is 11.8 Å². The third-order valence-electron chi connectivity index (χ3n) is 2.41. The minimum absolute atomic E-state index is 0.580. The van der Waals surface area contributed by atoms with Crippen molar-refractivity contribution in [1.82, 2.24) is 0 Å². The van der Waals surface area contributed by atoms with Crippen molar-refractivity contribution in [1.29, 1.82) is 0 Å². The van der Waals surface area contributed by atoms with Crippen LogP contribution in [0, 0.1) is 17.8 Å². The minimum atomic E-state index is -0.735. The highest BCUT2D eigenvalue weighted by molar-refractivity contribution is 5.18. The summed E-state index contributed by atoms with van der Waals surface area (Å²) in [5.74, 6) is 6.68. The molecule has 0 aromatic rings. The Hall–Kier alpha value is -0.520. The van der Waals surface area contributed by atoms with Gasteiger partial charge in [0.15, 0.2) is 0 Å². The molecular weight excluding hydrogens is 152 g/mol. The fraction of sp³-hybridized carbons (Fsp3) is 0.800. The number of rotatable bonds is 0. The van der Waals surface area contributed by atoms with E-state index in [1.807, 2.05) is 0 Å². The predicted molar refractivity (Wildman–Crippen MR) is 45.5 cm³/mol. The molecule has 0 atom stereocenters. The van der Waals surface area contributed by atoms with E-state index in [-0.39, 0.29) is 0 Å². The van der Waals surface area contributed by atoms with Crippen molar-refractivity contribution in [2.75, 3.05) is 13.2 Å². The van der Waals surface area contributed by atoms with Gasteiger partial charge in [0.25, 0.3) is 0 Å². The van der Waals surface area contributed by atoms with Crippen LogP contribution in [-0.4, -0.2) is 23.9 Å². The lowest BCUT2D eigenvalue weighted by molar-refractivity contribution is -0.0262. The van der Waals surface area contributed by atoms with Crippen LogP contribution in [0.4, 0.5) is 0 Å². The molecular formula is C10H14O2. The third kappa shape index (κ3) is 2.00. The summed E-state index contributed by atoms with van der Waals surface area (Å²) in [5.41, 5.74) is -0.735. The van der Waals surface area contributed by atoms with Gasteiger partial charge in [-0.2, -0.15) is 0 Å². The van der Waals surface area contributed by atoms with Crippen LogP contribution in [-0.2, 0) is 4.74 Å². The molecule has 12 heavy (non-hydrogen) atoms. The fourth-order valence-electron chi connectivity index (χ4n) is 1.30. The van der Waals surface area contributed by atoms with Gasteiger partial charge < -0.3 is 9.84 Å². The molecule has 1 aliphatic carbocycles. The average Bonchev–Trinajstić information content (AvgIpc) is 2.85. The van der Waals surface area contributed by atoms with Crippen LogP contribution in [0.1, 0.15) is 25.7 Å². The summed E-state index contributed by atoms with van der Waals surface area (Å²) >= 11 is 0. The van der Waals surface area contributed by atoms with Gasteiger partial charge in [0.05, 0.1) is 13.2 Å². The van der Waals surface area contributed by atoms with Gasteiger partial charge in [0.2, 0.25) is 0 Å². The molecule has 66 valence electrons. The summed E-state index contributed by atoms with van der Waals surface area (Å²) < 4.78 is 5.16. The van der Waals surface area contributed by atoms with Crippen LogP contribution in [0.25, 0.3) is 0 Å². The van der Waals surface area contributed by atoms with Crippen LogP contribution >= 0.6 is 0 Å². The molecule has 0 unspecified atom stereocenters. The maximum absolute atomic E-state index is 9.89. The first-order valence-electron chi connectivity index (χ1n) is 4.61. The Balaban J connectivity index is 1.94. The number of hydrogen-bond acceptors (Lipinski definition) is 2. The standard InChI is InChI=1S/C10H14O2/c11-10(4-3-9-1-2-9)5-7-12-8-6-10/h9,11H,1-2,5-8H2. The van der Waals surface area contributed by atoms with E-state index in [1.165, 1.54) is 12.8 Å². The molecule has 2 fully saturated rings. The highest BCUT2D eigenvalue weighted by Gasteiger charge is 2.28.